The molecule has 1 aromatic carbocycles. The van der Waals surface area contributed by atoms with E-state index in [-0.39, 0.29) is 22.8 Å². The number of halogens is 1. The van der Waals surface area contributed by atoms with Crippen LogP contribution >= 0.6 is 0 Å². The number of hydrogen-bond donors (Lipinski definition) is 2. The Bertz CT molecular complexity index is 652. The van der Waals surface area contributed by atoms with E-state index < -0.39 is 11.8 Å². The fourth-order valence-electron chi connectivity index (χ4n) is 1.82. The molecule has 0 unspecified atom stereocenters. The predicted octanol–water partition coefficient (Wildman–Crippen LogP) is 1.95. The number of carboxylic acid groups (broad SMARTS) is 1. The molecule has 0 aliphatic rings. The Labute approximate surface area is 114 Å². The zero-order chi connectivity index (χ0) is 14.9. The Morgan fingerprint density at radius 2 is 2.10 bits per heavy atom. The molecular weight excluding hydrogens is 267 g/mol. The van der Waals surface area contributed by atoms with Gasteiger partial charge in [-0.25, -0.2) is 9.18 Å². The Kier molecular flexibility index (Phi) is 3.71. The molecule has 2 aromatic rings. The average Bonchev–Trinajstić information content (AvgIpc) is 2.82. The number of phenolic OH excluding ortho intramolecular Hbond substituents is 1. The summed E-state index contributed by atoms with van der Waals surface area (Å²) in [6.45, 7) is 0.334. The van der Waals surface area contributed by atoms with Crippen molar-refractivity contribution >= 4 is 5.97 Å². The highest BCUT2D eigenvalue weighted by Crippen LogP contribution is 2.33. The fraction of sp³-hybridized carbons (Fsp3) is 0.231. The second-order valence-electron chi connectivity index (χ2n) is 4.58. The van der Waals surface area contributed by atoms with Gasteiger partial charge in [-0.05, 0) is 26.2 Å². The summed E-state index contributed by atoms with van der Waals surface area (Å²) >= 11 is 0. The summed E-state index contributed by atoms with van der Waals surface area (Å²) in [5.41, 5.74) is 0.544. The first-order chi connectivity index (χ1) is 9.38. The van der Waals surface area contributed by atoms with E-state index >= 15 is 0 Å². The van der Waals surface area contributed by atoms with E-state index in [1.54, 1.807) is 19.0 Å². The molecule has 0 atom stereocenters. The van der Waals surface area contributed by atoms with Crippen molar-refractivity contribution in [1.82, 2.24) is 10.1 Å². The average molecular weight is 280 g/mol. The summed E-state index contributed by atoms with van der Waals surface area (Å²) in [4.78, 5) is 12.5. The van der Waals surface area contributed by atoms with Crippen LogP contribution in [0.4, 0.5) is 4.39 Å². The van der Waals surface area contributed by atoms with E-state index in [2.05, 4.69) is 9.68 Å². The summed E-state index contributed by atoms with van der Waals surface area (Å²) in [7, 11) is 3.56. The lowest BCUT2D eigenvalue weighted by molar-refractivity contribution is 0.0652. The van der Waals surface area contributed by atoms with Crippen LogP contribution in [0.2, 0.25) is 0 Å². The summed E-state index contributed by atoms with van der Waals surface area (Å²) in [6, 6.07) is 3.44. The van der Waals surface area contributed by atoms with Crippen LogP contribution in [0.1, 0.15) is 16.1 Å². The summed E-state index contributed by atoms with van der Waals surface area (Å²) < 4.78 is 18.2. The van der Waals surface area contributed by atoms with Gasteiger partial charge in [-0.1, -0.05) is 5.16 Å². The monoisotopic (exact) mass is 280 g/mol. The molecular formula is C13H13FN2O4. The van der Waals surface area contributed by atoms with Gasteiger partial charge in [0.1, 0.15) is 17.3 Å². The van der Waals surface area contributed by atoms with Crippen molar-refractivity contribution in [1.29, 1.82) is 0 Å². The molecule has 1 aromatic heterocycles. The highest BCUT2D eigenvalue weighted by molar-refractivity contribution is 5.86. The van der Waals surface area contributed by atoms with Crippen LogP contribution in [0.5, 0.6) is 5.75 Å². The molecule has 106 valence electrons. The molecule has 6 nitrogen and oxygen atoms in total. The van der Waals surface area contributed by atoms with Crippen molar-refractivity contribution < 1.29 is 23.9 Å². The highest BCUT2D eigenvalue weighted by atomic mass is 19.1. The van der Waals surface area contributed by atoms with Crippen molar-refractivity contribution in [3.05, 3.63) is 35.3 Å². The third-order valence-electron chi connectivity index (χ3n) is 2.64. The molecule has 0 bridgehead atoms. The standard InChI is InChI=1S/C13H13FN2O4/c1-16(2)6-7-3-8(14)4-9(12(7)17)10-5-11(13(18)19)20-15-10/h3-5,17H,6H2,1-2H3,(H,18,19). The molecule has 1 heterocycles. The number of nitrogens with zero attached hydrogens (tertiary/aromatic N) is 2. The van der Waals surface area contributed by atoms with Gasteiger partial charge in [-0.15, -0.1) is 0 Å². The van der Waals surface area contributed by atoms with Gasteiger partial charge in [0.15, 0.2) is 0 Å². The van der Waals surface area contributed by atoms with E-state index in [1.807, 2.05) is 0 Å². The van der Waals surface area contributed by atoms with Gasteiger partial charge in [-0.3, -0.25) is 0 Å². The quantitative estimate of drug-likeness (QED) is 0.890. The van der Waals surface area contributed by atoms with Gasteiger partial charge in [0.25, 0.3) is 0 Å². The summed E-state index contributed by atoms with van der Waals surface area (Å²) in [6.07, 6.45) is 0. The van der Waals surface area contributed by atoms with E-state index in [0.29, 0.717) is 12.1 Å². The normalized spacial score (nSPS) is 11.0. The topological polar surface area (TPSA) is 86.8 Å². The largest absolute Gasteiger partial charge is 0.507 e. The maximum atomic E-state index is 13.6. The molecule has 0 fully saturated rings. The van der Waals surface area contributed by atoms with E-state index in [4.69, 9.17) is 5.11 Å². The van der Waals surface area contributed by atoms with Gasteiger partial charge in [-0.2, -0.15) is 0 Å². The van der Waals surface area contributed by atoms with Crippen LogP contribution < -0.4 is 0 Å². The minimum Gasteiger partial charge on any atom is -0.507 e. The number of phenols is 1. The third-order valence-corrected chi connectivity index (χ3v) is 2.64. The van der Waals surface area contributed by atoms with Gasteiger partial charge < -0.3 is 19.6 Å². The van der Waals surface area contributed by atoms with Crippen molar-refractivity contribution in [2.75, 3.05) is 14.1 Å². The molecule has 0 spiro atoms. The smallest absolute Gasteiger partial charge is 0.374 e. The summed E-state index contributed by atoms with van der Waals surface area (Å²) in [5, 5.41) is 22.4. The number of carboxylic acids is 1. The first-order valence-electron chi connectivity index (χ1n) is 5.75. The zero-order valence-electron chi connectivity index (χ0n) is 10.9. The van der Waals surface area contributed by atoms with Crippen LogP contribution in [0.25, 0.3) is 11.3 Å². The van der Waals surface area contributed by atoms with Crippen molar-refractivity contribution in [3.63, 3.8) is 0 Å². The third kappa shape index (κ3) is 2.77. The molecule has 2 rings (SSSR count). The van der Waals surface area contributed by atoms with Crippen molar-refractivity contribution in [2.45, 2.75) is 6.54 Å². The molecule has 20 heavy (non-hydrogen) atoms. The number of carbonyl (C=O) groups is 1. The Morgan fingerprint density at radius 3 is 2.65 bits per heavy atom. The predicted molar refractivity (Wildman–Crippen MR) is 67.9 cm³/mol. The molecule has 0 aliphatic heterocycles. The van der Waals surface area contributed by atoms with E-state index in [9.17, 15) is 14.3 Å². The number of benzene rings is 1. The van der Waals surface area contributed by atoms with E-state index in [0.717, 1.165) is 12.1 Å². The molecule has 0 amide bonds. The zero-order valence-corrected chi connectivity index (χ0v) is 10.9. The maximum absolute atomic E-state index is 13.6. The molecule has 7 heteroatoms. The first-order valence-corrected chi connectivity index (χ1v) is 5.75. The molecule has 2 N–H and O–H groups in total. The lowest BCUT2D eigenvalue weighted by Gasteiger charge is -2.13. The maximum Gasteiger partial charge on any atom is 0.374 e. The van der Waals surface area contributed by atoms with Crippen LogP contribution in [0.15, 0.2) is 22.7 Å². The SMILES string of the molecule is CN(C)Cc1cc(F)cc(-c2cc(C(=O)O)on2)c1O. The number of aromatic nitrogens is 1. The van der Waals surface area contributed by atoms with Gasteiger partial charge in [0.2, 0.25) is 5.76 Å². The van der Waals surface area contributed by atoms with Crippen molar-refractivity contribution in [3.8, 4) is 17.0 Å². The number of rotatable bonds is 4. The minimum absolute atomic E-state index is 0.0689. The second-order valence-corrected chi connectivity index (χ2v) is 4.58. The van der Waals surface area contributed by atoms with Gasteiger partial charge in [0, 0.05) is 23.7 Å². The Morgan fingerprint density at radius 1 is 1.40 bits per heavy atom. The van der Waals surface area contributed by atoms with E-state index in [1.165, 1.54) is 6.07 Å². The van der Waals surface area contributed by atoms with Gasteiger partial charge >= 0.3 is 5.97 Å². The van der Waals surface area contributed by atoms with Crippen LogP contribution in [0, 0.1) is 5.82 Å². The van der Waals surface area contributed by atoms with Crippen molar-refractivity contribution in [2.24, 2.45) is 0 Å². The minimum atomic E-state index is -1.28. The first kappa shape index (κ1) is 14.0. The highest BCUT2D eigenvalue weighted by Gasteiger charge is 2.18. The lowest BCUT2D eigenvalue weighted by Crippen LogP contribution is -2.11. The Hall–Kier alpha value is -2.41. The van der Waals surface area contributed by atoms with Crippen LogP contribution in [-0.2, 0) is 6.54 Å². The second kappa shape index (κ2) is 5.30. The van der Waals surface area contributed by atoms with Crippen LogP contribution in [-0.4, -0.2) is 40.3 Å². The molecule has 0 aliphatic carbocycles. The number of hydrogen-bond acceptors (Lipinski definition) is 5. The lowest BCUT2D eigenvalue weighted by atomic mass is 10.0. The summed E-state index contributed by atoms with van der Waals surface area (Å²) in [5.74, 6) is -2.36. The van der Waals surface area contributed by atoms with Gasteiger partial charge in [0.05, 0.1) is 0 Å². The molecule has 0 saturated carbocycles. The van der Waals surface area contributed by atoms with Crippen LogP contribution in [0.3, 0.4) is 0 Å². The molecule has 0 radical (unpaired) electrons. The fourth-order valence-corrected chi connectivity index (χ4v) is 1.82. The number of aromatic carboxylic acids is 1. The number of aromatic hydroxyl groups is 1. The Balaban J connectivity index is 2.49. The molecule has 0 saturated heterocycles.